The predicted molar refractivity (Wildman–Crippen MR) is 82.8 cm³/mol. The standard InChI is InChI=1S/C13H19N7S/c1-14-11-16-12(20-6-4-3-5-7-20)18-13(17-11)21-10-8-15-19(2)9-10/h8-9H,3-7H2,1-2H3,(H,14,16,17,18). The van der Waals surface area contributed by atoms with E-state index >= 15 is 0 Å². The van der Waals surface area contributed by atoms with Gasteiger partial charge in [-0.25, -0.2) is 0 Å². The summed E-state index contributed by atoms with van der Waals surface area (Å²) in [5.41, 5.74) is 0. The molecule has 0 spiro atoms. The van der Waals surface area contributed by atoms with Gasteiger partial charge in [-0.05, 0) is 31.0 Å². The van der Waals surface area contributed by atoms with E-state index in [-0.39, 0.29) is 0 Å². The van der Waals surface area contributed by atoms with Crippen molar-refractivity contribution in [2.75, 3.05) is 30.4 Å². The first-order chi connectivity index (χ1) is 10.2. The first-order valence-corrected chi connectivity index (χ1v) is 7.91. The highest BCUT2D eigenvalue weighted by Gasteiger charge is 2.16. The second-order valence-corrected chi connectivity index (χ2v) is 6.03. The van der Waals surface area contributed by atoms with Crippen molar-refractivity contribution in [3.05, 3.63) is 12.4 Å². The Morgan fingerprint density at radius 3 is 2.62 bits per heavy atom. The monoisotopic (exact) mass is 305 g/mol. The molecule has 3 heterocycles. The molecule has 0 amide bonds. The first-order valence-electron chi connectivity index (χ1n) is 7.10. The molecular formula is C13H19N7S. The molecule has 1 fully saturated rings. The van der Waals surface area contributed by atoms with E-state index < -0.39 is 0 Å². The number of aryl methyl sites for hydroxylation is 1. The number of aromatic nitrogens is 5. The zero-order valence-electron chi connectivity index (χ0n) is 12.3. The van der Waals surface area contributed by atoms with Crippen LogP contribution in [-0.4, -0.2) is 44.9 Å². The van der Waals surface area contributed by atoms with Crippen LogP contribution >= 0.6 is 11.8 Å². The Hall–Kier alpha value is -1.83. The second kappa shape index (κ2) is 6.30. The maximum absolute atomic E-state index is 4.60. The number of hydrogen-bond acceptors (Lipinski definition) is 7. The molecule has 1 aliphatic rings. The molecular weight excluding hydrogens is 286 g/mol. The summed E-state index contributed by atoms with van der Waals surface area (Å²) in [7, 11) is 3.73. The zero-order valence-corrected chi connectivity index (χ0v) is 13.1. The van der Waals surface area contributed by atoms with Gasteiger partial charge < -0.3 is 10.2 Å². The summed E-state index contributed by atoms with van der Waals surface area (Å²) in [5.74, 6) is 1.37. The Morgan fingerprint density at radius 1 is 1.14 bits per heavy atom. The first kappa shape index (κ1) is 14.1. The van der Waals surface area contributed by atoms with Gasteiger partial charge >= 0.3 is 0 Å². The lowest BCUT2D eigenvalue weighted by molar-refractivity contribution is 0.565. The van der Waals surface area contributed by atoms with Crippen LogP contribution in [0.2, 0.25) is 0 Å². The number of hydrogen-bond donors (Lipinski definition) is 1. The molecule has 112 valence electrons. The summed E-state index contributed by atoms with van der Waals surface area (Å²) in [6, 6.07) is 0. The van der Waals surface area contributed by atoms with Crippen LogP contribution in [0.4, 0.5) is 11.9 Å². The molecule has 0 radical (unpaired) electrons. The van der Waals surface area contributed by atoms with Gasteiger partial charge in [-0.2, -0.15) is 20.1 Å². The Balaban J connectivity index is 1.85. The Bertz CT molecular complexity index is 606. The quantitative estimate of drug-likeness (QED) is 0.923. The van der Waals surface area contributed by atoms with Crippen LogP contribution in [0.15, 0.2) is 22.4 Å². The van der Waals surface area contributed by atoms with Crippen molar-refractivity contribution in [2.45, 2.75) is 29.3 Å². The van der Waals surface area contributed by atoms with E-state index in [0.29, 0.717) is 11.1 Å². The number of nitrogens with one attached hydrogen (secondary N) is 1. The van der Waals surface area contributed by atoms with E-state index in [4.69, 9.17) is 0 Å². The minimum absolute atomic E-state index is 0.608. The summed E-state index contributed by atoms with van der Waals surface area (Å²) < 4.78 is 1.77. The molecule has 0 atom stereocenters. The molecule has 1 aliphatic heterocycles. The summed E-state index contributed by atoms with van der Waals surface area (Å²) in [4.78, 5) is 16.8. The van der Waals surface area contributed by atoms with Gasteiger partial charge in [0, 0.05) is 33.4 Å². The molecule has 2 aromatic rings. The number of anilines is 2. The minimum atomic E-state index is 0.608. The van der Waals surface area contributed by atoms with Crippen molar-refractivity contribution in [2.24, 2.45) is 7.05 Å². The van der Waals surface area contributed by atoms with Gasteiger partial charge in [0.25, 0.3) is 0 Å². The lowest BCUT2D eigenvalue weighted by Crippen LogP contribution is -2.31. The van der Waals surface area contributed by atoms with Crippen molar-refractivity contribution in [3.63, 3.8) is 0 Å². The molecule has 8 heteroatoms. The maximum atomic E-state index is 4.60. The third-order valence-corrected chi connectivity index (χ3v) is 4.17. The molecule has 0 aliphatic carbocycles. The molecule has 0 unspecified atom stereocenters. The molecule has 1 saturated heterocycles. The van der Waals surface area contributed by atoms with Crippen LogP contribution < -0.4 is 10.2 Å². The van der Waals surface area contributed by atoms with Crippen LogP contribution in [0, 0.1) is 0 Å². The van der Waals surface area contributed by atoms with Crippen LogP contribution in [0.1, 0.15) is 19.3 Å². The summed E-state index contributed by atoms with van der Waals surface area (Å²) >= 11 is 1.50. The number of nitrogens with zero attached hydrogens (tertiary/aromatic N) is 6. The van der Waals surface area contributed by atoms with Crippen molar-refractivity contribution < 1.29 is 0 Å². The average Bonchev–Trinajstić information content (AvgIpc) is 2.93. The van der Waals surface area contributed by atoms with E-state index in [1.54, 1.807) is 4.68 Å². The van der Waals surface area contributed by atoms with E-state index in [1.807, 2.05) is 26.5 Å². The predicted octanol–water partition coefficient (Wildman–Crippen LogP) is 1.79. The fourth-order valence-corrected chi connectivity index (χ4v) is 3.07. The van der Waals surface area contributed by atoms with Gasteiger partial charge in [0.05, 0.1) is 11.1 Å². The van der Waals surface area contributed by atoms with Crippen molar-refractivity contribution >= 4 is 23.7 Å². The normalized spacial score (nSPS) is 15.2. The molecule has 21 heavy (non-hydrogen) atoms. The van der Waals surface area contributed by atoms with Crippen LogP contribution in [0.25, 0.3) is 0 Å². The highest BCUT2D eigenvalue weighted by Crippen LogP contribution is 2.26. The average molecular weight is 305 g/mol. The number of rotatable bonds is 4. The van der Waals surface area contributed by atoms with Gasteiger partial charge in [0.1, 0.15) is 0 Å². The fraction of sp³-hybridized carbons (Fsp3) is 0.538. The van der Waals surface area contributed by atoms with Crippen LogP contribution in [0.3, 0.4) is 0 Å². The molecule has 0 saturated carbocycles. The molecule has 0 aromatic carbocycles. The van der Waals surface area contributed by atoms with Gasteiger partial charge in [0.2, 0.25) is 11.9 Å². The largest absolute Gasteiger partial charge is 0.357 e. The van der Waals surface area contributed by atoms with Gasteiger partial charge in [-0.1, -0.05) is 0 Å². The van der Waals surface area contributed by atoms with Crippen molar-refractivity contribution in [1.29, 1.82) is 0 Å². The third kappa shape index (κ3) is 3.44. The second-order valence-electron chi connectivity index (χ2n) is 4.99. The molecule has 3 rings (SSSR count). The maximum Gasteiger partial charge on any atom is 0.231 e. The zero-order chi connectivity index (χ0) is 14.7. The van der Waals surface area contributed by atoms with Gasteiger partial charge in [-0.15, -0.1) is 0 Å². The highest BCUT2D eigenvalue weighted by molar-refractivity contribution is 7.99. The summed E-state index contributed by atoms with van der Waals surface area (Å²) in [6.07, 6.45) is 7.46. The van der Waals surface area contributed by atoms with Crippen LogP contribution in [0.5, 0.6) is 0 Å². The lowest BCUT2D eigenvalue weighted by Gasteiger charge is -2.26. The Labute approximate surface area is 128 Å². The SMILES string of the molecule is CNc1nc(Sc2cnn(C)c2)nc(N2CCCCC2)n1. The summed E-state index contributed by atoms with van der Waals surface area (Å²) in [6.45, 7) is 2.04. The van der Waals surface area contributed by atoms with Crippen molar-refractivity contribution in [1.82, 2.24) is 24.7 Å². The van der Waals surface area contributed by atoms with E-state index in [9.17, 15) is 0 Å². The van der Waals surface area contributed by atoms with E-state index in [1.165, 1.54) is 31.0 Å². The topological polar surface area (TPSA) is 71.8 Å². The van der Waals surface area contributed by atoms with E-state index in [0.717, 1.165) is 23.9 Å². The van der Waals surface area contributed by atoms with E-state index in [2.05, 4.69) is 30.3 Å². The minimum Gasteiger partial charge on any atom is -0.357 e. The third-order valence-electron chi connectivity index (χ3n) is 3.36. The smallest absolute Gasteiger partial charge is 0.231 e. The Morgan fingerprint density at radius 2 is 1.95 bits per heavy atom. The number of piperidine rings is 1. The fourth-order valence-electron chi connectivity index (χ4n) is 2.30. The molecule has 1 N–H and O–H groups in total. The highest BCUT2D eigenvalue weighted by atomic mass is 32.2. The van der Waals surface area contributed by atoms with Crippen molar-refractivity contribution in [3.8, 4) is 0 Å². The molecule has 2 aromatic heterocycles. The summed E-state index contributed by atoms with van der Waals surface area (Å²) in [5, 5.41) is 7.88. The lowest BCUT2D eigenvalue weighted by atomic mass is 10.1. The van der Waals surface area contributed by atoms with Gasteiger partial charge in [-0.3, -0.25) is 4.68 Å². The Kier molecular flexibility index (Phi) is 4.23. The van der Waals surface area contributed by atoms with Crippen LogP contribution in [-0.2, 0) is 7.05 Å². The molecule has 0 bridgehead atoms. The van der Waals surface area contributed by atoms with Gasteiger partial charge in [0.15, 0.2) is 5.16 Å². The molecule has 7 nitrogen and oxygen atoms in total.